The lowest BCUT2D eigenvalue weighted by molar-refractivity contribution is -0.137. The van der Waals surface area contributed by atoms with Crippen LogP contribution in [0.25, 0.3) is 0 Å². The van der Waals surface area contributed by atoms with E-state index in [2.05, 4.69) is 11.0 Å². The fourth-order valence-corrected chi connectivity index (χ4v) is 3.78. The van der Waals surface area contributed by atoms with Gasteiger partial charge in [0.15, 0.2) is 6.61 Å². The first kappa shape index (κ1) is 21.2. The summed E-state index contributed by atoms with van der Waals surface area (Å²) in [7, 11) is 10.0. The largest absolute Gasteiger partial charge is 0.484 e. The molecule has 1 amide bonds. The van der Waals surface area contributed by atoms with E-state index in [0.717, 1.165) is 49.4 Å². The Morgan fingerprint density at radius 3 is 2.72 bits per heavy atom. The average Bonchev–Trinajstić information content (AvgIpc) is 3.06. The molecule has 1 aromatic carbocycles. The van der Waals surface area contributed by atoms with Crippen LogP contribution in [-0.4, -0.2) is 66.8 Å². The normalized spacial score (nSPS) is 16.9. The van der Waals surface area contributed by atoms with E-state index in [1.165, 1.54) is 0 Å². The maximum atomic E-state index is 13.0. The van der Waals surface area contributed by atoms with Crippen LogP contribution >= 0.6 is 0 Å². The number of rotatable bonds is 7. The molecule has 1 atom stereocenters. The third-order valence-electron chi connectivity index (χ3n) is 5.33. The molecule has 0 N–H and O–H groups in total. The number of anilines is 1. The zero-order valence-corrected chi connectivity index (χ0v) is 18.3. The van der Waals surface area contributed by atoms with E-state index in [1.54, 1.807) is 0 Å². The van der Waals surface area contributed by atoms with Gasteiger partial charge in [-0.3, -0.25) is 9.48 Å². The molecule has 158 valence electrons. The summed E-state index contributed by atoms with van der Waals surface area (Å²) in [6.07, 6.45) is 3.08. The molecule has 0 radical (unpaired) electrons. The standard InChI is InChI=1S/C22H33N5O2/c1-24(2)15-18-14-20(23-26(18)5)21-11-6-7-12-27(21)22(28)16-29-19-10-8-9-17(13-19)25(3)4/h8-10,13-14,21H,6-7,11-12,15-16H2,1-5H3. The second-order valence-corrected chi connectivity index (χ2v) is 8.20. The van der Waals surface area contributed by atoms with Gasteiger partial charge in [0.1, 0.15) is 5.75 Å². The average molecular weight is 400 g/mol. The molecule has 29 heavy (non-hydrogen) atoms. The fraction of sp³-hybridized carbons (Fsp3) is 0.545. The minimum Gasteiger partial charge on any atom is -0.484 e. The number of hydrogen-bond acceptors (Lipinski definition) is 5. The number of likely N-dealkylation sites (tertiary alicyclic amines) is 1. The summed E-state index contributed by atoms with van der Waals surface area (Å²) >= 11 is 0. The minimum absolute atomic E-state index is 0.0183. The number of aromatic nitrogens is 2. The van der Waals surface area contributed by atoms with Gasteiger partial charge in [0.25, 0.3) is 5.91 Å². The highest BCUT2D eigenvalue weighted by molar-refractivity contribution is 5.78. The van der Waals surface area contributed by atoms with Crippen LogP contribution in [0.5, 0.6) is 5.75 Å². The Labute approximate surface area is 173 Å². The molecule has 1 aromatic heterocycles. The molecule has 0 bridgehead atoms. The Kier molecular flexibility index (Phi) is 6.79. The number of carbonyl (C=O) groups is 1. The molecule has 7 nitrogen and oxygen atoms in total. The predicted octanol–water partition coefficient (Wildman–Crippen LogP) is 2.68. The van der Waals surface area contributed by atoms with Crippen molar-refractivity contribution in [3.05, 3.63) is 41.7 Å². The van der Waals surface area contributed by atoms with Crippen molar-refractivity contribution in [3.63, 3.8) is 0 Å². The lowest BCUT2D eigenvalue weighted by Crippen LogP contribution is -2.41. The number of ether oxygens (including phenoxy) is 1. The van der Waals surface area contributed by atoms with Gasteiger partial charge in [0.05, 0.1) is 17.4 Å². The summed E-state index contributed by atoms with van der Waals surface area (Å²) in [6.45, 7) is 1.63. The molecule has 1 aliphatic heterocycles. The van der Waals surface area contributed by atoms with E-state index in [-0.39, 0.29) is 18.6 Å². The minimum atomic E-state index is 0.0183. The lowest BCUT2D eigenvalue weighted by atomic mass is 9.99. The Morgan fingerprint density at radius 2 is 2.00 bits per heavy atom. The van der Waals surface area contributed by atoms with Gasteiger partial charge in [0, 0.05) is 46.0 Å². The number of carbonyl (C=O) groups excluding carboxylic acids is 1. The van der Waals surface area contributed by atoms with Crippen LogP contribution < -0.4 is 9.64 Å². The lowest BCUT2D eigenvalue weighted by Gasteiger charge is -2.34. The Hall–Kier alpha value is -2.54. The van der Waals surface area contributed by atoms with Crippen LogP contribution in [-0.2, 0) is 18.4 Å². The van der Waals surface area contributed by atoms with E-state index in [0.29, 0.717) is 5.75 Å². The highest BCUT2D eigenvalue weighted by atomic mass is 16.5. The molecule has 0 aliphatic carbocycles. The molecule has 3 rings (SSSR count). The van der Waals surface area contributed by atoms with Crippen LogP contribution in [0.2, 0.25) is 0 Å². The van der Waals surface area contributed by atoms with Crippen molar-refractivity contribution in [2.24, 2.45) is 7.05 Å². The molecule has 2 aromatic rings. The summed E-state index contributed by atoms with van der Waals surface area (Å²) in [5, 5.41) is 4.72. The van der Waals surface area contributed by atoms with Crippen LogP contribution in [0, 0.1) is 0 Å². The quantitative estimate of drug-likeness (QED) is 0.717. The molecule has 0 spiro atoms. The Balaban J connectivity index is 1.69. The van der Waals surface area contributed by atoms with Crippen molar-refractivity contribution in [3.8, 4) is 5.75 Å². The van der Waals surface area contributed by atoms with E-state index in [4.69, 9.17) is 9.84 Å². The first-order valence-electron chi connectivity index (χ1n) is 10.2. The highest BCUT2D eigenvalue weighted by Crippen LogP contribution is 2.31. The summed E-state index contributed by atoms with van der Waals surface area (Å²) in [4.78, 5) is 19.1. The SMILES string of the molecule is CN(C)Cc1cc(C2CCCCN2C(=O)COc2cccc(N(C)C)c2)nn1C. The van der Waals surface area contributed by atoms with Crippen LogP contribution in [0.15, 0.2) is 30.3 Å². The predicted molar refractivity (Wildman–Crippen MR) is 115 cm³/mol. The number of nitrogens with zero attached hydrogens (tertiary/aromatic N) is 5. The zero-order chi connectivity index (χ0) is 21.0. The highest BCUT2D eigenvalue weighted by Gasteiger charge is 2.30. The van der Waals surface area contributed by atoms with E-state index in [1.807, 2.05) is 74.0 Å². The van der Waals surface area contributed by atoms with Gasteiger partial charge in [-0.15, -0.1) is 0 Å². The molecule has 7 heteroatoms. The topological polar surface area (TPSA) is 53.8 Å². The van der Waals surface area contributed by atoms with Gasteiger partial charge >= 0.3 is 0 Å². The summed E-state index contributed by atoms with van der Waals surface area (Å²) < 4.78 is 7.75. The second kappa shape index (κ2) is 9.31. The third-order valence-corrected chi connectivity index (χ3v) is 5.33. The number of hydrogen-bond donors (Lipinski definition) is 0. The Bertz CT molecular complexity index is 830. The van der Waals surface area contributed by atoms with Crippen molar-refractivity contribution in [2.45, 2.75) is 31.8 Å². The number of amides is 1. The van der Waals surface area contributed by atoms with E-state index >= 15 is 0 Å². The molecule has 1 aliphatic rings. The smallest absolute Gasteiger partial charge is 0.261 e. The molecule has 1 saturated heterocycles. The zero-order valence-electron chi connectivity index (χ0n) is 18.3. The summed E-state index contributed by atoms with van der Waals surface area (Å²) in [5.41, 5.74) is 3.18. The first-order valence-corrected chi connectivity index (χ1v) is 10.2. The summed E-state index contributed by atoms with van der Waals surface area (Å²) in [6, 6.07) is 9.96. The van der Waals surface area contributed by atoms with Gasteiger partial charge in [-0.1, -0.05) is 6.07 Å². The van der Waals surface area contributed by atoms with Crippen molar-refractivity contribution in [1.29, 1.82) is 0 Å². The molecule has 0 saturated carbocycles. The monoisotopic (exact) mass is 399 g/mol. The molecular weight excluding hydrogens is 366 g/mol. The van der Waals surface area contributed by atoms with E-state index < -0.39 is 0 Å². The number of aryl methyl sites for hydroxylation is 1. The fourth-order valence-electron chi connectivity index (χ4n) is 3.78. The van der Waals surface area contributed by atoms with Gasteiger partial charge in [-0.25, -0.2) is 0 Å². The molecule has 2 heterocycles. The van der Waals surface area contributed by atoms with E-state index in [9.17, 15) is 4.79 Å². The van der Waals surface area contributed by atoms with Gasteiger partial charge in [0.2, 0.25) is 0 Å². The van der Waals surface area contributed by atoms with Gasteiger partial charge < -0.3 is 19.4 Å². The van der Waals surface area contributed by atoms with Crippen LogP contribution in [0.4, 0.5) is 5.69 Å². The number of benzene rings is 1. The van der Waals surface area contributed by atoms with Crippen LogP contribution in [0.1, 0.15) is 36.7 Å². The second-order valence-electron chi connectivity index (χ2n) is 8.20. The first-order chi connectivity index (χ1) is 13.8. The Morgan fingerprint density at radius 1 is 1.21 bits per heavy atom. The maximum Gasteiger partial charge on any atom is 0.261 e. The maximum absolute atomic E-state index is 13.0. The third kappa shape index (κ3) is 5.29. The van der Waals surface area contributed by atoms with Gasteiger partial charge in [-0.2, -0.15) is 5.10 Å². The van der Waals surface area contributed by atoms with Crippen LogP contribution in [0.3, 0.4) is 0 Å². The molecule has 1 unspecified atom stereocenters. The van der Waals surface area contributed by atoms with Crippen molar-refractivity contribution in [1.82, 2.24) is 19.6 Å². The van der Waals surface area contributed by atoms with Crippen molar-refractivity contribution >= 4 is 11.6 Å². The van der Waals surface area contributed by atoms with Crippen molar-refractivity contribution < 1.29 is 9.53 Å². The molecular formula is C22H33N5O2. The van der Waals surface area contributed by atoms with Gasteiger partial charge in [-0.05, 0) is 51.6 Å². The molecule has 1 fully saturated rings. The van der Waals surface area contributed by atoms with Crippen molar-refractivity contribution in [2.75, 3.05) is 46.2 Å². The number of piperidine rings is 1. The summed E-state index contributed by atoms with van der Waals surface area (Å²) in [5.74, 6) is 0.731.